The first-order valence-electron chi connectivity index (χ1n) is 14.1. The standard InChI is InChI=1S/C32H33ClN6O/c1-21(40)37-14-16-38(17-15-37)26-18-25(19-26)32-35-29(30-31(33)34-12-13-39(30)32)24-9-8-23-10-11-27(36(2)28(23)20-24)22-6-4-3-5-7-22/h3-13,20,25-27H,14-19H2,1-2H3. The van der Waals surface area contributed by atoms with Crippen LogP contribution in [-0.2, 0) is 4.79 Å². The van der Waals surface area contributed by atoms with Gasteiger partial charge in [-0.25, -0.2) is 9.97 Å². The average molecular weight is 553 g/mol. The van der Waals surface area contributed by atoms with Crippen LogP contribution in [0, 0.1) is 0 Å². The Morgan fingerprint density at radius 1 is 1.02 bits per heavy atom. The monoisotopic (exact) mass is 552 g/mol. The van der Waals surface area contributed by atoms with Gasteiger partial charge in [0.2, 0.25) is 5.91 Å². The highest BCUT2D eigenvalue weighted by Gasteiger charge is 2.39. The molecule has 2 fully saturated rings. The number of aromatic nitrogens is 3. The summed E-state index contributed by atoms with van der Waals surface area (Å²) >= 11 is 6.72. The number of nitrogens with zero attached hydrogens (tertiary/aromatic N) is 6. The smallest absolute Gasteiger partial charge is 0.219 e. The van der Waals surface area contributed by atoms with E-state index >= 15 is 0 Å². The largest absolute Gasteiger partial charge is 0.364 e. The molecule has 2 aromatic heterocycles. The summed E-state index contributed by atoms with van der Waals surface area (Å²) in [7, 11) is 2.15. The molecule has 1 saturated heterocycles. The van der Waals surface area contributed by atoms with E-state index in [-0.39, 0.29) is 11.9 Å². The molecule has 1 atom stereocenters. The summed E-state index contributed by atoms with van der Waals surface area (Å²) in [5.74, 6) is 1.59. The Hall–Kier alpha value is -3.68. The van der Waals surface area contributed by atoms with Crippen molar-refractivity contribution in [1.82, 2.24) is 24.2 Å². The Kier molecular flexibility index (Phi) is 6.36. The van der Waals surface area contributed by atoms with E-state index in [9.17, 15) is 4.79 Å². The number of benzene rings is 2. The molecule has 4 heterocycles. The van der Waals surface area contributed by atoms with Gasteiger partial charge in [0.15, 0.2) is 5.15 Å². The van der Waals surface area contributed by atoms with Gasteiger partial charge in [0.25, 0.3) is 0 Å². The van der Waals surface area contributed by atoms with Crippen molar-refractivity contribution in [3.8, 4) is 11.3 Å². The van der Waals surface area contributed by atoms with Crippen molar-refractivity contribution in [2.45, 2.75) is 37.8 Å². The lowest BCUT2D eigenvalue weighted by molar-refractivity contribution is -0.131. The predicted octanol–water partition coefficient (Wildman–Crippen LogP) is 5.66. The van der Waals surface area contributed by atoms with Gasteiger partial charge >= 0.3 is 0 Å². The molecule has 3 aliphatic rings. The van der Waals surface area contributed by atoms with E-state index in [1.807, 2.05) is 11.1 Å². The molecule has 4 aromatic rings. The quantitative estimate of drug-likeness (QED) is 0.327. The predicted molar refractivity (Wildman–Crippen MR) is 160 cm³/mol. The van der Waals surface area contributed by atoms with Crippen LogP contribution in [0.15, 0.2) is 67.0 Å². The zero-order chi connectivity index (χ0) is 27.4. The maximum absolute atomic E-state index is 11.7. The lowest BCUT2D eigenvalue weighted by Crippen LogP contribution is -2.54. The van der Waals surface area contributed by atoms with Crippen LogP contribution in [0.1, 0.15) is 48.7 Å². The Morgan fingerprint density at radius 2 is 1.80 bits per heavy atom. The summed E-state index contributed by atoms with van der Waals surface area (Å²) in [6.07, 6.45) is 10.4. The van der Waals surface area contributed by atoms with Gasteiger partial charge in [-0.15, -0.1) is 0 Å². The Bertz CT molecular complexity index is 1600. The van der Waals surface area contributed by atoms with E-state index in [1.165, 1.54) is 16.8 Å². The van der Waals surface area contributed by atoms with Crippen LogP contribution in [-0.4, -0.2) is 69.3 Å². The Morgan fingerprint density at radius 3 is 2.55 bits per heavy atom. The van der Waals surface area contributed by atoms with Gasteiger partial charge in [0.1, 0.15) is 11.3 Å². The van der Waals surface area contributed by atoms with Crippen LogP contribution in [0.3, 0.4) is 0 Å². The molecule has 0 radical (unpaired) electrons. The number of hydrogen-bond acceptors (Lipinski definition) is 5. The number of piperazine rings is 1. The molecule has 0 bridgehead atoms. The van der Waals surface area contributed by atoms with Crippen molar-refractivity contribution in [2.24, 2.45) is 0 Å². The normalized spacial score (nSPS) is 22.8. The minimum absolute atomic E-state index is 0.174. The van der Waals surface area contributed by atoms with E-state index in [2.05, 4.69) is 86.9 Å². The van der Waals surface area contributed by atoms with Crippen LogP contribution in [0.5, 0.6) is 0 Å². The molecule has 1 aliphatic carbocycles. The van der Waals surface area contributed by atoms with Gasteiger partial charge in [-0.2, -0.15) is 0 Å². The molecule has 8 heteroatoms. The number of fused-ring (bicyclic) bond motifs is 2. The Labute approximate surface area is 239 Å². The van der Waals surface area contributed by atoms with E-state index < -0.39 is 0 Å². The lowest BCUT2D eigenvalue weighted by atomic mass is 9.78. The number of imidazole rings is 1. The maximum Gasteiger partial charge on any atom is 0.219 e. The zero-order valence-electron chi connectivity index (χ0n) is 22.9. The molecule has 204 valence electrons. The molecule has 2 aliphatic heterocycles. The highest BCUT2D eigenvalue weighted by molar-refractivity contribution is 6.33. The summed E-state index contributed by atoms with van der Waals surface area (Å²) in [6.45, 7) is 5.19. The van der Waals surface area contributed by atoms with Crippen molar-refractivity contribution in [2.75, 3.05) is 38.1 Å². The van der Waals surface area contributed by atoms with Gasteiger partial charge in [0.05, 0.1) is 11.7 Å². The first-order chi connectivity index (χ1) is 19.5. The molecule has 7 rings (SSSR count). The second-order valence-corrected chi connectivity index (χ2v) is 11.6. The van der Waals surface area contributed by atoms with Crippen LogP contribution in [0.2, 0.25) is 5.15 Å². The van der Waals surface area contributed by atoms with E-state index in [0.717, 1.165) is 61.6 Å². The molecule has 1 amide bonds. The van der Waals surface area contributed by atoms with Gasteiger partial charge in [-0.1, -0.05) is 66.2 Å². The van der Waals surface area contributed by atoms with Crippen LogP contribution < -0.4 is 4.90 Å². The van der Waals surface area contributed by atoms with Crippen molar-refractivity contribution in [3.05, 3.63) is 89.1 Å². The second-order valence-electron chi connectivity index (χ2n) is 11.2. The second kappa shape index (κ2) is 10.1. The van der Waals surface area contributed by atoms with E-state index in [0.29, 0.717) is 17.1 Å². The first-order valence-corrected chi connectivity index (χ1v) is 14.5. The van der Waals surface area contributed by atoms with Gasteiger partial charge in [-0.3, -0.25) is 14.1 Å². The van der Waals surface area contributed by atoms with Crippen molar-refractivity contribution in [3.63, 3.8) is 0 Å². The summed E-state index contributed by atoms with van der Waals surface area (Å²) < 4.78 is 2.15. The fourth-order valence-corrected chi connectivity index (χ4v) is 6.85. The fourth-order valence-electron chi connectivity index (χ4n) is 6.61. The van der Waals surface area contributed by atoms with Crippen molar-refractivity contribution in [1.29, 1.82) is 0 Å². The molecule has 7 nitrogen and oxygen atoms in total. The van der Waals surface area contributed by atoms with Crippen LogP contribution in [0.4, 0.5) is 5.69 Å². The van der Waals surface area contributed by atoms with E-state index in [1.54, 1.807) is 13.1 Å². The molecule has 0 N–H and O–H groups in total. The minimum Gasteiger partial charge on any atom is -0.364 e. The fraction of sp³-hybridized carbons (Fsp3) is 0.344. The van der Waals surface area contributed by atoms with Crippen LogP contribution in [0.25, 0.3) is 22.9 Å². The third-order valence-corrected chi connectivity index (χ3v) is 9.27. The zero-order valence-corrected chi connectivity index (χ0v) is 23.6. The summed E-state index contributed by atoms with van der Waals surface area (Å²) in [5, 5.41) is 0.473. The summed E-state index contributed by atoms with van der Waals surface area (Å²) in [4.78, 5) is 28.2. The lowest BCUT2D eigenvalue weighted by Gasteiger charge is -2.46. The summed E-state index contributed by atoms with van der Waals surface area (Å²) in [5.41, 5.74) is 6.42. The molecule has 1 saturated carbocycles. The number of halogens is 1. The average Bonchev–Trinajstić information content (AvgIpc) is 3.34. The first kappa shape index (κ1) is 25.3. The van der Waals surface area contributed by atoms with Gasteiger partial charge < -0.3 is 9.80 Å². The molecular weight excluding hydrogens is 520 g/mol. The molecule has 40 heavy (non-hydrogen) atoms. The number of likely N-dealkylation sites (N-methyl/N-ethyl adjacent to an activating group) is 1. The molecule has 2 aromatic carbocycles. The number of carbonyl (C=O) groups excluding carboxylic acids is 1. The SMILES string of the molecule is CC(=O)N1CCN(C2CC(c3nc(-c4ccc5c(c4)N(C)C(c4ccccc4)C=C5)c4c(Cl)nccn34)C2)CC1. The topological polar surface area (TPSA) is 57.0 Å². The minimum atomic E-state index is 0.174. The number of rotatable bonds is 4. The van der Waals surface area contributed by atoms with Crippen molar-refractivity contribution >= 4 is 34.8 Å². The summed E-state index contributed by atoms with van der Waals surface area (Å²) in [6, 6.07) is 17.9. The highest BCUT2D eigenvalue weighted by Crippen LogP contribution is 2.43. The van der Waals surface area contributed by atoms with Gasteiger partial charge in [0, 0.05) is 75.8 Å². The molecule has 1 unspecified atom stereocenters. The molecule has 0 spiro atoms. The van der Waals surface area contributed by atoms with Crippen molar-refractivity contribution < 1.29 is 4.79 Å². The molecular formula is C32H33ClN6O. The van der Waals surface area contributed by atoms with E-state index in [4.69, 9.17) is 16.6 Å². The highest BCUT2D eigenvalue weighted by atomic mass is 35.5. The number of carbonyl (C=O) groups is 1. The number of amides is 1. The van der Waals surface area contributed by atoms with Gasteiger partial charge in [-0.05, 0) is 30.0 Å². The number of anilines is 1. The maximum atomic E-state index is 11.7. The van der Waals surface area contributed by atoms with Crippen LogP contribution >= 0.6 is 11.6 Å². The third kappa shape index (κ3) is 4.28. The Balaban J connectivity index is 1.18. The third-order valence-electron chi connectivity index (χ3n) is 8.99. The number of hydrogen-bond donors (Lipinski definition) is 0.